The molecule has 81 heavy (non-hydrogen) atoms. The Morgan fingerprint density at radius 2 is 0.926 bits per heavy atom. The summed E-state index contributed by atoms with van der Waals surface area (Å²) in [5, 5.41) is 5.22. The average molecular weight is 1080 g/mol. The Morgan fingerprint density at radius 1 is 0.383 bits per heavy atom. The fourth-order valence-corrected chi connectivity index (χ4v) is 14.7. The van der Waals surface area contributed by atoms with E-state index in [-0.39, 0.29) is 33.8 Å². The van der Waals surface area contributed by atoms with Crippen LogP contribution in [0.15, 0.2) is 164 Å². The molecule has 0 bridgehead atoms. The van der Waals surface area contributed by atoms with Gasteiger partial charge in [0.05, 0.1) is 38.5 Å². The molecule has 5 heterocycles. The van der Waals surface area contributed by atoms with Gasteiger partial charge < -0.3 is 19.3 Å². The van der Waals surface area contributed by atoms with E-state index in [1.54, 1.807) is 0 Å². The zero-order chi connectivity index (χ0) is 56.8. The van der Waals surface area contributed by atoms with Crippen LogP contribution < -0.4 is 31.1 Å². The molecule has 2 aromatic heterocycles. The number of aromatic nitrogens is 1. The fourth-order valence-electron chi connectivity index (χ4n) is 13.5. The molecule has 9 aromatic carbocycles. The predicted molar refractivity (Wildman–Crippen MR) is 354 cm³/mol. The number of benzene rings is 9. The Kier molecular flexibility index (Phi) is 11.0. The molecule has 0 saturated carbocycles. The molecule has 6 heteroatoms. The average Bonchev–Trinajstić information content (AvgIpc) is 4.21. The van der Waals surface area contributed by atoms with Crippen LogP contribution in [-0.4, -0.2) is 11.3 Å². The van der Waals surface area contributed by atoms with Crippen molar-refractivity contribution in [3.05, 3.63) is 197 Å². The van der Waals surface area contributed by atoms with Gasteiger partial charge in [-0.3, -0.25) is 0 Å². The number of anilines is 9. The lowest BCUT2D eigenvalue weighted by Crippen LogP contribution is -2.62. The van der Waals surface area contributed by atoms with Gasteiger partial charge in [0, 0.05) is 60.4 Å². The van der Waals surface area contributed by atoms with E-state index in [0.29, 0.717) is 0 Å². The van der Waals surface area contributed by atoms with E-state index >= 15 is 0 Å². The molecule has 0 aliphatic carbocycles. The minimum atomic E-state index is -0.139. The molecule has 0 amide bonds. The lowest BCUT2D eigenvalue weighted by molar-refractivity contribution is 0.590. The number of rotatable bonds is 4. The van der Waals surface area contributed by atoms with Crippen molar-refractivity contribution in [3.8, 4) is 5.69 Å². The highest BCUT2D eigenvalue weighted by Crippen LogP contribution is 2.56. The van der Waals surface area contributed by atoms with Crippen molar-refractivity contribution in [1.82, 2.24) is 4.57 Å². The smallest absolute Gasteiger partial charge is 0.252 e. The van der Waals surface area contributed by atoms with E-state index < -0.39 is 0 Å². The zero-order valence-electron chi connectivity index (χ0n) is 50.4. The molecular weight excluding hydrogens is 1000 g/mol. The first-order valence-electron chi connectivity index (χ1n) is 29.4. The fraction of sp³-hybridized carbons (Fsp3) is 0.280. The summed E-state index contributed by atoms with van der Waals surface area (Å²) in [5.74, 6) is 0. The van der Waals surface area contributed by atoms with Crippen LogP contribution in [0.25, 0.3) is 47.7 Å². The Labute approximate surface area is 484 Å². The van der Waals surface area contributed by atoms with Crippen molar-refractivity contribution >= 4 is 128 Å². The van der Waals surface area contributed by atoms with Gasteiger partial charge in [-0.1, -0.05) is 177 Å². The number of nitrogens with zero attached hydrogens (tertiary/aromatic N) is 4. The molecule has 404 valence electrons. The van der Waals surface area contributed by atoms with Crippen molar-refractivity contribution in [3.63, 3.8) is 0 Å². The van der Waals surface area contributed by atoms with Crippen LogP contribution in [0.4, 0.5) is 51.2 Å². The summed E-state index contributed by atoms with van der Waals surface area (Å²) in [6.07, 6.45) is 0. The minimum absolute atomic E-state index is 0.00781. The molecule has 0 unspecified atom stereocenters. The van der Waals surface area contributed by atoms with Crippen molar-refractivity contribution in [1.29, 1.82) is 0 Å². The van der Waals surface area contributed by atoms with Crippen molar-refractivity contribution in [2.75, 3.05) is 14.7 Å². The standard InChI is InChI=1S/C75H75BN4S/c1-44-36-62-67-63(37-44)80-64-41-48(74(11,12)13)39-56-55-38-47(73(8,9)10)28-35-59(55)79(68(56)64)65-42-49(75(14,15)16)40-58(69(65)80)76(67)57-34-33-52(43-61(57)78(62)60-22-19-21-54-53-20-17-18-23-66(53)81-70(54)60)77(50-29-24-45(25-30-50)71(2,3)4)51-31-26-46(27-32-51)72(5,6)7/h17-43H,1-16H3. The molecule has 14 rings (SSSR count). The SMILES string of the molecule is Cc1cc2c3c(c1)N1c4c(cc(C(C)(C)C)cc4-n4c5ccc(C(C)(C)C)cc5c5cc(C(C)(C)C)cc1c54)B3c1ccc(N(c3ccc(C(C)(C)C)cc3)c3ccc(C(C)(C)C)cc3)cc1N2c1cccc2c1sc1ccccc12. The number of fused-ring (bicyclic) bond motifs is 12. The maximum absolute atomic E-state index is 2.71. The van der Waals surface area contributed by atoms with E-state index in [2.05, 4.69) is 294 Å². The largest absolute Gasteiger partial charge is 0.310 e. The molecule has 0 spiro atoms. The molecule has 0 radical (unpaired) electrons. The molecular formula is C75H75BN4S. The first-order chi connectivity index (χ1) is 38.2. The second-order valence-electron chi connectivity index (χ2n) is 28.9. The van der Waals surface area contributed by atoms with Crippen molar-refractivity contribution in [2.24, 2.45) is 0 Å². The summed E-state index contributed by atoms with van der Waals surface area (Å²) >= 11 is 1.91. The number of hydrogen-bond acceptors (Lipinski definition) is 4. The number of aryl methyl sites for hydroxylation is 1. The summed E-state index contributed by atoms with van der Waals surface area (Å²) in [6, 6.07) is 64.5. The highest BCUT2D eigenvalue weighted by atomic mass is 32.1. The summed E-state index contributed by atoms with van der Waals surface area (Å²) in [6.45, 7) is 37.4. The minimum Gasteiger partial charge on any atom is -0.310 e. The van der Waals surface area contributed by atoms with Crippen LogP contribution in [0.1, 0.15) is 137 Å². The Bertz CT molecular complexity index is 4380. The van der Waals surface area contributed by atoms with E-state index in [9.17, 15) is 0 Å². The van der Waals surface area contributed by atoms with Gasteiger partial charge in [-0.15, -0.1) is 11.3 Å². The number of hydrogen-bond donors (Lipinski definition) is 0. The molecule has 0 fully saturated rings. The second-order valence-corrected chi connectivity index (χ2v) is 29.9. The van der Waals surface area contributed by atoms with Gasteiger partial charge in [0.2, 0.25) is 0 Å². The molecule has 0 N–H and O–H groups in total. The quantitative estimate of drug-likeness (QED) is 0.163. The third kappa shape index (κ3) is 7.90. The monoisotopic (exact) mass is 1070 g/mol. The zero-order valence-corrected chi connectivity index (χ0v) is 51.2. The summed E-state index contributed by atoms with van der Waals surface area (Å²) in [7, 11) is 0. The first-order valence-corrected chi connectivity index (χ1v) is 30.2. The summed E-state index contributed by atoms with van der Waals surface area (Å²) in [4.78, 5) is 7.86. The summed E-state index contributed by atoms with van der Waals surface area (Å²) < 4.78 is 5.25. The summed E-state index contributed by atoms with van der Waals surface area (Å²) in [5.41, 5.74) is 26.3. The van der Waals surface area contributed by atoms with Crippen LogP contribution in [0, 0.1) is 6.92 Å². The van der Waals surface area contributed by atoms with E-state index in [0.717, 1.165) is 17.1 Å². The normalized spacial score (nSPS) is 14.1. The van der Waals surface area contributed by atoms with Gasteiger partial charge in [-0.25, -0.2) is 0 Å². The lowest BCUT2D eigenvalue weighted by atomic mass is 9.33. The van der Waals surface area contributed by atoms with E-state index in [4.69, 9.17) is 0 Å². The van der Waals surface area contributed by atoms with Gasteiger partial charge in [0.1, 0.15) is 0 Å². The van der Waals surface area contributed by atoms with E-state index in [1.165, 1.54) is 132 Å². The molecule has 3 aliphatic rings. The third-order valence-corrected chi connectivity index (χ3v) is 19.3. The predicted octanol–water partition coefficient (Wildman–Crippen LogP) is 19.8. The van der Waals surface area contributed by atoms with Crippen LogP contribution in [0.2, 0.25) is 0 Å². The highest BCUT2D eigenvalue weighted by molar-refractivity contribution is 7.26. The maximum atomic E-state index is 2.71. The molecule has 11 aromatic rings. The molecule has 0 atom stereocenters. The highest BCUT2D eigenvalue weighted by Gasteiger charge is 2.48. The molecule has 3 aliphatic heterocycles. The topological polar surface area (TPSA) is 14.7 Å². The molecule has 0 saturated heterocycles. The Morgan fingerprint density at radius 3 is 1.56 bits per heavy atom. The van der Waals surface area contributed by atoms with Crippen molar-refractivity contribution in [2.45, 2.75) is 138 Å². The van der Waals surface area contributed by atoms with Gasteiger partial charge >= 0.3 is 0 Å². The van der Waals surface area contributed by atoms with Crippen LogP contribution >= 0.6 is 11.3 Å². The Balaban J connectivity index is 1.11. The van der Waals surface area contributed by atoms with Gasteiger partial charge in [0.25, 0.3) is 6.71 Å². The van der Waals surface area contributed by atoms with Gasteiger partial charge in [-0.2, -0.15) is 0 Å². The van der Waals surface area contributed by atoms with E-state index in [1.807, 2.05) is 11.3 Å². The van der Waals surface area contributed by atoms with Gasteiger partial charge in [0.15, 0.2) is 0 Å². The first kappa shape index (κ1) is 51.6. The van der Waals surface area contributed by atoms with Crippen LogP contribution in [0.3, 0.4) is 0 Å². The molecule has 4 nitrogen and oxygen atoms in total. The van der Waals surface area contributed by atoms with Crippen LogP contribution in [-0.2, 0) is 27.1 Å². The van der Waals surface area contributed by atoms with Crippen molar-refractivity contribution < 1.29 is 0 Å². The van der Waals surface area contributed by atoms with Gasteiger partial charge in [-0.05, 0) is 175 Å². The number of thiophene rings is 1. The maximum Gasteiger partial charge on any atom is 0.252 e. The van der Waals surface area contributed by atoms with Crippen LogP contribution in [0.5, 0.6) is 0 Å². The second kappa shape index (κ2) is 17.3. The Hall–Kier alpha value is -7.54. The third-order valence-electron chi connectivity index (χ3n) is 18.1. The lowest BCUT2D eigenvalue weighted by Gasteiger charge is -2.47.